The second-order valence-corrected chi connectivity index (χ2v) is 9.50. The Morgan fingerprint density at radius 1 is 0.857 bits per heavy atom. The van der Waals surface area contributed by atoms with Gasteiger partial charge in [0.05, 0.1) is 0 Å². The fourth-order valence-electron chi connectivity index (χ4n) is 1.28. The second-order valence-electron chi connectivity index (χ2n) is 5.57. The van der Waals surface area contributed by atoms with E-state index in [9.17, 15) is 0 Å². The van der Waals surface area contributed by atoms with Gasteiger partial charge < -0.3 is 9.34 Å². The Kier molecular flexibility index (Phi) is 3.43. The van der Waals surface area contributed by atoms with Crippen LogP contribution >= 0.6 is 27.9 Å². The van der Waals surface area contributed by atoms with Gasteiger partial charge in [0.25, 0.3) is 0 Å². The third-order valence-electron chi connectivity index (χ3n) is 2.08. The van der Waals surface area contributed by atoms with E-state index in [0.29, 0.717) is 0 Å². The fourth-order valence-corrected chi connectivity index (χ4v) is 7.57. The molecule has 1 aliphatic rings. The molecule has 14 heavy (non-hydrogen) atoms. The first-order valence-electron chi connectivity index (χ1n) is 4.87. The molecule has 1 rings (SSSR count). The van der Waals surface area contributed by atoms with Crippen molar-refractivity contribution in [3.8, 4) is 0 Å². The van der Waals surface area contributed by atoms with Crippen molar-refractivity contribution in [2.75, 3.05) is 0 Å². The van der Waals surface area contributed by atoms with Gasteiger partial charge in [-0.2, -0.15) is 0 Å². The molecule has 0 fully saturated rings. The molecule has 1 heterocycles. The van der Waals surface area contributed by atoms with Crippen LogP contribution in [0.2, 0.25) is 0 Å². The Morgan fingerprint density at radius 2 is 1.14 bits per heavy atom. The van der Waals surface area contributed by atoms with E-state index in [2.05, 4.69) is 85.3 Å². The highest BCUT2D eigenvalue weighted by molar-refractivity contribution is 14.2. The first kappa shape index (κ1) is 12.6. The van der Waals surface area contributed by atoms with Crippen LogP contribution in [0, 0.1) is 0 Å². The van der Waals surface area contributed by atoms with Crippen LogP contribution in [-0.2, 0) is 0 Å². The van der Waals surface area contributed by atoms with Gasteiger partial charge in [0, 0.05) is 23.5 Å². The summed E-state index contributed by atoms with van der Waals surface area (Å²) in [7, 11) is 0. The Labute approximate surface area is 102 Å². The van der Waals surface area contributed by atoms with Crippen LogP contribution in [-0.4, -0.2) is 20.4 Å². The van der Waals surface area contributed by atoms with Crippen LogP contribution < -0.4 is 0 Å². The molecule has 0 unspecified atom stereocenters. The maximum atomic E-state index is 2.56. The van der Waals surface area contributed by atoms with E-state index in [1.54, 1.807) is 0 Å². The van der Waals surface area contributed by atoms with Gasteiger partial charge in [-0.25, -0.2) is 0 Å². The fraction of sp³-hybridized carbons (Fsp3) is 0.800. The number of rotatable bonds is 0. The van der Waals surface area contributed by atoms with E-state index in [4.69, 9.17) is 0 Å². The maximum Gasteiger partial charge on any atom is 0.163 e. The Hall–Kier alpha value is 0.500. The van der Waals surface area contributed by atoms with Crippen LogP contribution in [0.15, 0.2) is 12.4 Å². The normalized spacial score (nSPS) is 19.6. The van der Waals surface area contributed by atoms with Gasteiger partial charge in [0.1, 0.15) is 0 Å². The monoisotopic (exact) mass is 326 g/mol. The Balaban J connectivity index is 2.81. The molecule has 0 bridgehead atoms. The maximum absolute atomic E-state index is 2.56. The summed E-state index contributed by atoms with van der Waals surface area (Å²) in [4.78, 5) is 0. The highest BCUT2D eigenvalue weighted by Gasteiger charge is 2.36. The lowest BCUT2D eigenvalue weighted by atomic mass is 10.1. The highest BCUT2D eigenvalue weighted by atomic mass is 127. The molecule has 0 atom stereocenters. The van der Waals surface area contributed by atoms with E-state index in [-0.39, 0.29) is 16.9 Å². The van der Waals surface area contributed by atoms with Gasteiger partial charge in [0.2, 0.25) is 0 Å². The summed E-state index contributed by atoms with van der Waals surface area (Å²) in [6, 6.07) is 0. The van der Waals surface area contributed by atoms with Crippen LogP contribution in [0.25, 0.3) is 0 Å². The smallest absolute Gasteiger partial charge is 0.163 e. The summed E-state index contributed by atoms with van der Waals surface area (Å²) in [5.41, 5.74) is 0.451. The van der Waals surface area contributed by atoms with E-state index < -0.39 is 0 Å². The molecule has 2 nitrogen and oxygen atoms in total. The van der Waals surface area contributed by atoms with Crippen LogP contribution in [0.1, 0.15) is 41.5 Å². The van der Waals surface area contributed by atoms with Crippen molar-refractivity contribution in [3.63, 3.8) is 0 Å². The molecule has 1 aliphatic heterocycles. The minimum absolute atomic E-state index is 0.226. The van der Waals surface area contributed by atoms with Gasteiger partial charge in [-0.15, -0.1) is 0 Å². The summed E-state index contributed by atoms with van der Waals surface area (Å²) in [5, 5.41) is 0. The zero-order valence-corrected chi connectivity index (χ0v) is 12.9. The highest BCUT2D eigenvalue weighted by Crippen LogP contribution is 2.61. The van der Waals surface area contributed by atoms with Gasteiger partial charge in [-0.1, -0.05) is 0 Å². The lowest BCUT2D eigenvalue weighted by Gasteiger charge is -2.41. The molecule has 0 radical (unpaired) electrons. The molecule has 0 spiro atoms. The van der Waals surface area contributed by atoms with Crippen molar-refractivity contribution in [3.05, 3.63) is 12.4 Å². The van der Waals surface area contributed by atoms with Crippen LogP contribution in [0.5, 0.6) is 0 Å². The van der Waals surface area contributed by atoms with E-state index in [1.807, 2.05) is 0 Å². The minimum Gasteiger partial charge on any atom is -0.326 e. The van der Waals surface area contributed by atoms with E-state index >= 15 is 0 Å². The number of nitrogens with zero attached hydrogens (tertiary/aromatic N) is 2. The third kappa shape index (κ3) is 2.54. The standard InChI is InChI=1S/C10H20IN2P/c1-9(2,3)12-7-8-13(14(12)11)10(4,5)6/h7-8H,1-6H3. The van der Waals surface area contributed by atoms with Crippen molar-refractivity contribution in [2.45, 2.75) is 52.6 Å². The zero-order chi connectivity index (χ0) is 11.1. The van der Waals surface area contributed by atoms with Crippen molar-refractivity contribution >= 4 is 27.9 Å². The number of hydrogen-bond acceptors (Lipinski definition) is 2. The average molecular weight is 326 g/mol. The lowest BCUT2D eigenvalue weighted by molar-refractivity contribution is 0.319. The van der Waals surface area contributed by atoms with Gasteiger partial charge in [0.15, 0.2) is 5.87 Å². The Bertz CT molecular complexity index is 215. The van der Waals surface area contributed by atoms with Crippen LogP contribution in [0.3, 0.4) is 0 Å². The largest absolute Gasteiger partial charge is 0.326 e. The SMILES string of the molecule is CC(C)(C)N1C=CN(C(C)(C)C)P1I. The summed E-state index contributed by atoms with van der Waals surface area (Å²) >= 11 is 2.56. The first-order valence-corrected chi connectivity index (χ1v) is 8.90. The molecule has 0 N–H and O–H groups in total. The molecule has 0 aromatic carbocycles. The molecule has 82 valence electrons. The summed E-state index contributed by atoms with van der Waals surface area (Å²) < 4.78 is 4.91. The predicted molar refractivity (Wildman–Crippen MR) is 73.3 cm³/mol. The molecule has 0 aromatic rings. The molecule has 0 saturated heterocycles. The van der Waals surface area contributed by atoms with Crippen molar-refractivity contribution < 1.29 is 0 Å². The predicted octanol–water partition coefficient (Wildman–Crippen LogP) is 4.33. The summed E-state index contributed by atoms with van der Waals surface area (Å²) in [6.07, 6.45) is 4.45. The molecule has 0 saturated carbocycles. The van der Waals surface area contributed by atoms with Crippen molar-refractivity contribution in [1.29, 1.82) is 0 Å². The van der Waals surface area contributed by atoms with Gasteiger partial charge >= 0.3 is 0 Å². The van der Waals surface area contributed by atoms with Gasteiger partial charge in [-0.3, -0.25) is 0 Å². The topological polar surface area (TPSA) is 6.48 Å². The molecule has 4 heteroatoms. The molecule has 0 aliphatic carbocycles. The number of halogens is 1. The van der Waals surface area contributed by atoms with Gasteiger partial charge in [-0.05, 0) is 63.6 Å². The molecule has 0 aromatic heterocycles. The molecular formula is C10H20IN2P. The molecule has 0 amide bonds. The van der Waals surface area contributed by atoms with E-state index in [1.165, 1.54) is 0 Å². The molecular weight excluding hydrogens is 306 g/mol. The third-order valence-corrected chi connectivity index (χ3v) is 7.05. The summed E-state index contributed by atoms with van der Waals surface area (Å²) in [5.74, 6) is -0.242. The number of hydrogen-bond donors (Lipinski definition) is 0. The van der Waals surface area contributed by atoms with Crippen LogP contribution in [0.4, 0.5) is 0 Å². The first-order chi connectivity index (χ1) is 6.14. The summed E-state index contributed by atoms with van der Waals surface area (Å²) in [6.45, 7) is 13.6. The average Bonchev–Trinajstić information content (AvgIpc) is 2.26. The van der Waals surface area contributed by atoms with Crippen molar-refractivity contribution in [1.82, 2.24) is 9.34 Å². The second kappa shape index (κ2) is 3.82. The zero-order valence-electron chi connectivity index (χ0n) is 9.87. The van der Waals surface area contributed by atoms with E-state index in [0.717, 1.165) is 0 Å². The van der Waals surface area contributed by atoms with Crippen molar-refractivity contribution in [2.24, 2.45) is 0 Å². The minimum atomic E-state index is -0.242. The lowest BCUT2D eigenvalue weighted by Crippen LogP contribution is -2.36. The Morgan fingerprint density at radius 3 is 1.29 bits per heavy atom. The quantitative estimate of drug-likeness (QED) is 0.483.